The molecule has 5 heteroatoms. The molecule has 0 radical (unpaired) electrons. The van der Waals surface area contributed by atoms with E-state index in [2.05, 4.69) is 6.07 Å². The molecule has 22 heavy (non-hydrogen) atoms. The van der Waals surface area contributed by atoms with E-state index in [1.807, 2.05) is 18.2 Å². The van der Waals surface area contributed by atoms with Crippen molar-refractivity contribution in [1.29, 1.82) is 0 Å². The Morgan fingerprint density at radius 3 is 2.82 bits per heavy atom. The summed E-state index contributed by atoms with van der Waals surface area (Å²) in [4.78, 5) is 23.4. The van der Waals surface area contributed by atoms with Crippen LogP contribution >= 0.6 is 0 Å². The first-order valence-electron chi connectivity index (χ1n) is 7.43. The first kappa shape index (κ1) is 13.5. The number of fused-ring (bicyclic) bond motifs is 3. The third-order valence-electron chi connectivity index (χ3n) is 4.64. The van der Waals surface area contributed by atoms with Crippen LogP contribution in [0.1, 0.15) is 24.2 Å². The summed E-state index contributed by atoms with van der Waals surface area (Å²) in [5, 5.41) is 0. The van der Waals surface area contributed by atoms with Gasteiger partial charge >= 0.3 is 11.9 Å². The maximum atomic E-state index is 12.1. The first-order valence-corrected chi connectivity index (χ1v) is 7.43. The normalized spacial score (nSPS) is 32.3. The highest BCUT2D eigenvalue weighted by Crippen LogP contribution is 2.48. The van der Waals surface area contributed by atoms with Crippen LogP contribution in [0.15, 0.2) is 35.9 Å². The van der Waals surface area contributed by atoms with Gasteiger partial charge in [0.05, 0.1) is 12.5 Å². The van der Waals surface area contributed by atoms with E-state index >= 15 is 0 Å². The molecule has 3 aliphatic rings. The van der Waals surface area contributed by atoms with Crippen LogP contribution in [0.2, 0.25) is 0 Å². The van der Waals surface area contributed by atoms with Gasteiger partial charge in [0.2, 0.25) is 6.29 Å². The lowest BCUT2D eigenvalue weighted by Crippen LogP contribution is -2.25. The van der Waals surface area contributed by atoms with E-state index < -0.39 is 6.29 Å². The van der Waals surface area contributed by atoms with Crippen LogP contribution in [0.3, 0.4) is 0 Å². The fourth-order valence-electron chi connectivity index (χ4n) is 3.46. The molecule has 114 valence electrons. The van der Waals surface area contributed by atoms with Crippen LogP contribution in [0.25, 0.3) is 0 Å². The minimum absolute atomic E-state index is 0.104. The largest absolute Gasteiger partial charge is 0.457 e. The van der Waals surface area contributed by atoms with Gasteiger partial charge in [0, 0.05) is 11.5 Å². The number of rotatable bonds is 3. The molecule has 0 saturated carbocycles. The van der Waals surface area contributed by atoms with Crippen molar-refractivity contribution < 1.29 is 23.8 Å². The molecule has 1 fully saturated rings. The summed E-state index contributed by atoms with van der Waals surface area (Å²) in [6, 6.07) is 8.05. The molecule has 5 nitrogen and oxygen atoms in total. The number of hydrogen-bond donors (Lipinski definition) is 0. The minimum atomic E-state index is -0.692. The quantitative estimate of drug-likeness (QED) is 0.798. The van der Waals surface area contributed by atoms with Crippen LogP contribution in [-0.2, 0) is 30.2 Å². The van der Waals surface area contributed by atoms with E-state index in [0.29, 0.717) is 5.57 Å². The van der Waals surface area contributed by atoms with Gasteiger partial charge < -0.3 is 14.2 Å². The zero-order valence-corrected chi connectivity index (χ0v) is 12.2. The molecule has 1 aromatic carbocycles. The van der Waals surface area contributed by atoms with Gasteiger partial charge in [-0.25, -0.2) is 4.79 Å². The molecule has 1 aliphatic carbocycles. The van der Waals surface area contributed by atoms with Crippen molar-refractivity contribution in [2.45, 2.75) is 25.7 Å². The standard InChI is InChI=1S/C17H16O5/c1-9-6-14(21-16(9)18)20-8-13-12-7-10-4-2-3-5-11(10)15(12)22-17(13)19/h2-6,12-15H,7-8H2,1H3. The Kier molecular flexibility index (Phi) is 3.04. The Hall–Kier alpha value is -2.14. The molecule has 0 amide bonds. The van der Waals surface area contributed by atoms with Crippen molar-refractivity contribution in [3.05, 3.63) is 47.0 Å². The molecular weight excluding hydrogens is 284 g/mol. The number of hydrogen-bond acceptors (Lipinski definition) is 5. The molecule has 4 rings (SSSR count). The van der Waals surface area contributed by atoms with Crippen LogP contribution < -0.4 is 0 Å². The second-order valence-electron chi connectivity index (χ2n) is 5.99. The summed E-state index contributed by atoms with van der Waals surface area (Å²) in [7, 11) is 0. The fourth-order valence-corrected chi connectivity index (χ4v) is 3.46. The molecule has 0 spiro atoms. The maximum Gasteiger partial charge on any atom is 0.336 e. The van der Waals surface area contributed by atoms with Gasteiger partial charge in [-0.3, -0.25) is 4.79 Å². The van der Waals surface area contributed by atoms with Gasteiger partial charge in [-0.1, -0.05) is 24.3 Å². The molecule has 4 unspecified atom stereocenters. The zero-order valence-electron chi connectivity index (χ0n) is 12.2. The molecule has 1 saturated heterocycles. The molecule has 0 bridgehead atoms. The van der Waals surface area contributed by atoms with Crippen LogP contribution in [0.5, 0.6) is 0 Å². The number of esters is 2. The molecule has 4 atom stereocenters. The molecule has 2 aliphatic heterocycles. The lowest BCUT2D eigenvalue weighted by molar-refractivity contribution is -0.162. The summed E-state index contributed by atoms with van der Waals surface area (Å²) in [5.74, 6) is -0.808. The van der Waals surface area contributed by atoms with Gasteiger partial charge in [-0.2, -0.15) is 0 Å². The van der Waals surface area contributed by atoms with Crippen molar-refractivity contribution >= 4 is 11.9 Å². The highest BCUT2D eigenvalue weighted by molar-refractivity contribution is 5.89. The third kappa shape index (κ3) is 2.04. The van der Waals surface area contributed by atoms with E-state index in [0.717, 1.165) is 12.0 Å². The lowest BCUT2D eigenvalue weighted by Gasteiger charge is -2.16. The molecule has 0 N–H and O–H groups in total. The fraction of sp³-hybridized carbons (Fsp3) is 0.412. The average Bonchev–Trinajstić information content (AvgIpc) is 3.10. The van der Waals surface area contributed by atoms with Crippen molar-refractivity contribution in [2.75, 3.05) is 6.61 Å². The van der Waals surface area contributed by atoms with Crippen molar-refractivity contribution in [1.82, 2.24) is 0 Å². The van der Waals surface area contributed by atoms with Crippen molar-refractivity contribution in [3.8, 4) is 0 Å². The van der Waals surface area contributed by atoms with Gasteiger partial charge in [0.25, 0.3) is 0 Å². The van der Waals surface area contributed by atoms with E-state index in [-0.39, 0.29) is 36.5 Å². The maximum absolute atomic E-state index is 12.1. The smallest absolute Gasteiger partial charge is 0.336 e. The summed E-state index contributed by atoms with van der Waals surface area (Å²) >= 11 is 0. The topological polar surface area (TPSA) is 61.8 Å². The van der Waals surface area contributed by atoms with Crippen molar-refractivity contribution in [2.24, 2.45) is 11.8 Å². The third-order valence-corrected chi connectivity index (χ3v) is 4.64. The second-order valence-corrected chi connectivity index (χ2v) is 5.99. The Morgan fingerprint density at radius 1 is 1.23 bits per heavy atom. The van der Waals surface area contributed by atoms with E-state index in [4.69, 9.17) is 14.2 Å². The number of cyclic esters (lactones) is 1. The van der Waals surface area contributed by atoms with Gasteiger partial charge in [-0.05, 0) is 30.5 Å². The van der Waals surface area contributed by atoms with Crippen LogP contribution in [0.4, 0.5) is 0 Å². The summed E-state index contributed by atoms with van der Waals surface area (Å²) in [6.45, 7) is 1.88. The Morgan fingerprint density at radius 2 is 2.05 bits per heavy atom. The van der Waals surface area contributed by atoms with E-state index in [1.54, 1.807) is 13.0 Å². The first-order chi connectivity index (χ1) is 10.6. The zero-order chi connectivity index (χ0) is 15.3. The predicted molar refractivity (Wildman–Crippen MR) is 75.5 cm³/mol. The Balaban J connectivity index is 1.46. The summed E-state index contributed by atoms with van der Waals surface area (Å²) in [5.41, 5.74) is 2.87. The van der Waals surface area contributed by atoms with Crippen LogP contribution in [0, 0.1) is 11.8 Å². The highest BCUT2D eigenvalue weighted by Gasteiger charge is 2.49. The van der Waals surface area contributed by atoms with Gasteiger partial charge in [0.1, 0.15) is 6.10 Å². The summed E-state index contributed by atoms with van der Waals surface area (Å²) in [6.07, 6.45) is 1.59. The minimum Gasteiger partial charge on any atom is -0.457 e. The molecule has 1 aromatic rings. The van der Waals surface area contributed by atoms with E-state index in [1.165, 1.54) is 5.56 Å². The van der Waals surface area contributed by atoms with Gasteiger partial charge in [-0.15, -0.1) is 0 Å². The lowest BCUT2D eigenvalue weighted by atomic mass is 9.91. The van der Waals surface area contributed by atoms with Gasteiger partial charge in [0.15, 0.2) is 0 Å². The number of ether oxygens (including phenoxy) is 3. The monoisotopic (exact) mass is 300 g/mol. The SMILES string of the molecule is CC1=CC(OCC2C(=O)OC3c4ccccc4CC23)OC1=O. The highest BCUT2D eigenvalue weighted by atomic mass is 16.7. The van der Waals surface area contributed by atoms with E-state index in [9.17, 15) is 9.59 Å². The van der Waals surface area contributed by atoms with Crippen molar-refractivity contribution in [3.63, 3.8) is 0 Å². The average molecular weight is 300 g/mol. The molecule has 0 aromatic heterocycles. The van der Waals surface area contributed by atoms with Crippen LogP contribution in [-0.4, -0.2) is 24.8 Å². The summed E-state index contributed by atoms with van der Waals surface area (Å²) < 4.78 is 16.2. The Labute approximate surface area is 127 Å². The predicted octanol–water partition coefficient (Wildman–Crippen LogP) is 1.92. The molecule has 2 heterocycles. The number of benzene rings is 1. The Bertz CT molecular complexity index is 677. The number of carbonyl (C=O) groups excluding carboxylic acids is 2. The molecular formula is C17H16O5. The number of carbonyl (C=O) groups is 2. The second kappa shape index (κ2) is 4.95.